The third-order valence-corrected chi connectivity index (χ3v) is 5.55. The smallest absolute Gasteiger partial charge is 0.237 e. The summed E-state index contributed by atoms with van der Waals surface area (Å²) in [6.45, 7) is 7.82. The summed E-state index contributed by atoms with van der Waals surface area (Å²) in [4.78, 5) is 14.5. The van der Waals surface area contributed by atoms with Crippen LogP contribution >= 0.6 is 24.0 Å². The monoisotopic (exact) mass is 387 g/mol. The second kappa shape index (κ2) is 11.0. The lowest BCUT2D eigenvalue weighted by atomic mass is 9.95. The predicted molar refractivity (Wildman–Crippen MR) is 107 cm³/mol. The van der Waals surface area contributed by atoms with Crippen molar-refractivity contribution >= 4 is 29.9 Å². The number of hydrogen-bond donors (Lipinski definition) is 2. The lowest BCUT2D eigenvalue weighted by Gasteiger charge is -2.32. The number of carbonyl (C=O) groups is 1. The lowest BCUT2D eigenvalue weighted by molar-refractivity contribution is -0.123. The zero-order valence-electron chi connectivity index (χ0n) is 15.2. The number of amides is 1. The van der Waals surface area contributed by atoms with Gasteiger partial charge >= 0.3 is 0 Å². The summed E-state index contributed by atoms with van der Waals surface area (Å²) in [5, 5.41) is 3.88. The van der Waals surface area contributed by atoms with E-state index in [1.54, 1.807) is 0 Å². The first-order chi connectivity index (χ1) is 11.5. The molecule has 1 saturated heterocycles. The van der Waals surface area contributed by atoms with Gasteiger partial charge in [-0.15, -0.1) is 12.4 Å². The Morgan fingerprint density at radius 1 is 1.36 bits per heavy atom. The first kappa shape index (κ1) is 22.2. The molecule has 2 atom stereocenters. The van der Waals surface area contributed by atoms with Crippen molar-refractivity contribution in [1.29, 1.82) is 0 Å². The molecule has 4 nitrogen and oxygen atoms in total. The molecule has 6 heteroatoms. The number of carbonyl (C=O) groups excluding carboxylic acids is 1. The predicted octanol–water partition coefficient (Wildman–Crippen LogP) is 3.46. The van der Waals surface area contributed by atoms with Crippen LogP contribution in [0.5, 0.6) is 0 Å². The van der Waals surface area contributed by atoms with Gasteiger partial charge in [0.2, 0.25) is 5.91 Å². The van der Waals surface area contributed by atoms with Crippen molar-refractivity contribution in [3.05, 3.63) is 34.9 Å². The van der Waals surface area contributed by atoms with Crippen LogP contribution in [0.1, 0.15) is 38.7 Å². The Morgan fingerprint density at radius 2 is 2.00 bits per heavy atom. The van der Waals surface area contributed by atoms with Crippen LogP contribution in [0.3, 0.4) is 0 Å². The van der Waals surface area contributed by atoms with Gasteiger partial charge in [-0.05, 0) is 49.4 Å². The summed E-state index contributed by atoms with van der Waals surface area (Å²) in [7, 11) is 0. The van der Waals surface area contributed by atoms with E-state index in [2.05, 4.69) is 23.2 Å². The fraction of sp³-hybridized carbons (Fsp3) is 0.632. The molecule has 1 heterocycles. The standard InChI is InChI=1S/C19H30ClN3O.ClH/c1-3-14(2)18(21)19(24)22-12-15-8-10-23(11-9-15)13-16-6-4-5-7-17(16)20;/h4-7,14-15,18H,3,8-13,21H2,1-2H3,(H,22,24);1H. The molecule has 0 saturated carbocycles. The Morgan fingerprint density at radius 3 is 2.60 bits per heavy atom. The highest BCUT2D eigenvalue weighted by Crippen LogP contribution is 2.22. The van der Waals surface area contributed by atoms with Crippen LogP contribution in [0.4, 0.5) is 0 Å². The van der Waals surface area contributed by atoms with Crippen molar-refractivity contribution in [2.45, 2.75) is 45.7 Å². The summed E-state index contributed by atoms with van der Waals surface area (Å²) in [5.41, 5.74) is 7.16. The SMILES string of the molecule is CCC(C)C(N)C(=O)NCC1CCN(Cc2ccccc2Cl)CC1.Cl. The highest BCUT2D eigenvalue weighted by Gasteiger charge is 2.23. The maximum Gasteiger partial charge on any atom is 0.237 e. The number of nitrogens with two attached hydrogens (primary N) is 1. The fourth-order valence-corrected chi connectivity index (χ4v) is 3.29. The Kier molecular flexibility index (Phi) is 9.80. The summed E-state index contributed by atoms with van der Waals surface area (Å²) in [6.07, 6.45) is 3.13. The first-order valence-electron chi connectivity index (χ1n) is 9.00. The van der Waals surface area contributed by atoms with Crippen LogP contribution in [-0.2, 0) is 11.3 Å². The summed E-state index contributed by atoms with van der Waals surface area (Å²) in [6, 6.07) is 7.63. The van der Waals surface area contributed by atoms with Gasteiger partial charge in [0.25, 0.3) is 0 Å². The van der Waals surface area contributed by atoms with Crippen molar-refractivity contribution in [2.75, 3.05) is 19.6 Å². The molecule has 0 spiro atoms. The molecule has 1 aliphatic heterocycles. The zero-order chi connectivity index (χ0) is 17.5. The molecule has 0 aromatic heterocycles. The van der Waals surface area contributed by atoms with E-state index in [9.17, 15) is 4.79 Å². The van der Waals surface area contributed by atoms with E-state index >= 15 is 0 Å². The number of hydrogen-bond acceptors (Lipinski definition) is 3. The maximum absolute atomic E-state index is 12.1. The number of piperidine rings is 1. The molecule has 142 valence electrons. The van der Waals surface area contributed by atoms with Gasteiger partial charge in [0.15, 0.2) is 0 Å². The van der Waals surface area contributed by atoms with Crippen LogP contribution < -0.4 is 11.1 Å². The third kappa shape index (κ3) is 6.78. The van der Waals surface area contributed by atoms with E-state index in [1.165, 1.54) is 5.56 Å². The molecule has 1 aromatic carbocycles. The van der Waals surface area contributed by atoms with Gasteiger partial charge in [-0.3, -0.25) is 9.69 Å². The Balaban J connectivity index is 0.00000312. The molecule has 25 heavy (non-hydrogen) atoms. The van der Waals surface area contributed by atoms with E-state index in [0.717, 1.165) is 50.5 Å². The molecule has 1 amide bonds. The minimum atomic E-state index is -0.393. The number of likely N-dealkylation sites (tertiary alicyclic amines) is 1. The molecule has 1 aliphatic rings. The molecule has 3 N–H and O–H groups in total. The third-order valence-electron chi connectivity index (χ3n) is 5.18. The number of rotatable bonds is 7. The van der Waals surface area contributed by atoms with Crippen molar-refractivity contribution in [3.63, 3.8) is 0 Å². The first-order valence-corrected chi connectivity index (χ1v) is 9.38. The van der Waals surface area contributed by atoms with Gasteiger partial charge in [-0.1, -0.05) is 50.1 Å². The average Bonchev–Trinajstić information content (AvgIpc) is 2.61. The van der Waals surface area contributed by atoms with Gasteiger partial charge < -0.3 is 11.1 Å². The number of nitrogens with zero attached hydrogens (tertiary/aromatic N) is 1. The number of nitrogens with one attached hydrogen (secondary N) is 1. The molecular weight excluding hydrogens is 357 g/mol. The van der Waals surface area contributed by atoms with Crippen LogP contribution in [0.2, 0.25) is 5.02 Å². The van der Waals surface area contributed by atoms with Gasteiger partial charge in [0.1, 0.15) is 0 Å². The molecule has 2 unspecified atom stereocenters. The van der Waals surface area contributed by atoms with Crippen molar-refractivity contribution in [1.82, 2.24) is 10.2 Å². The number of benzene rings is 1. The topological polar surface area (TPSA) is 58.4 Å². The Bertz CT molecular complexity index is 533. The van der Waals surface area contributed by atoms with Crippen LogP contribution in [0, 0.1) is 11.8 Å². The second-order valence-electron chi connectivity index (χ2n) is 6.97. The van der Waals surface area contributed by atoms with Gasteiger partial charge in [-0.2, -0.15) is 0 Å². The van der Waals surface area contributed by atoms with Crippen LogP contribution in [0.25, 0.3) is 0 Å². The summed E-state index contributed by atoms with van der Waals surface area (Å²) in [5.74, 6) is 0.755. The normalized spacial score (nSPS) is 18.2. The fourth-order valence-electron chi connectivity index (χ4n) is 3.09. The van der Waals surface area contributed by atoms with E-state index in [-0.39, 0.29) is 24.2 Å². The van der Waals surface area contributed by atoms with Crippen molar-refractivity contribution in [2.24, 2.45) is 17.6 Å². The molecule has 1 aromatic rings. The van der Waals surface area contributed by atoms with E-state index in [0.29, 0.717) is 5.92 Å². The lowest BCUT2D eigenvalue weighted by Crippen LogP contribution is -2.47. The second-order valence-corrected chi connectivity index (χ2v) is 7.37. The highest BCUT2D eigenvalue weighted by molar-refractivity contribution is 6.31. The summed E-state index contributed by atoms with van der Waals surface area (Å²) >= 11 is 6.24. The molecule has 2 rings (SSSR count). The van der Waals surface area contributed by atoms with Gasteiger partial charge in [-0.25, -0.2) is 0 Å². The van der Waals surface area contributed by atoms with E-state index in [1.807, 2.05) is 25.1 Å². The van der Waals surface area contributed by atoms with Crippen molar-refractivity contribution < 1.29 is 4.79 Å². The molecular formula is C19H31Cl2N3O. The zero-order valence-corrected chi connectivity index (χ0v) is 16.8. The molecule has 1 fully saturated rings. The Labute approximate surface area is 162 Å². The average molecular weight is 388 g/mol. The largest absolute Gasteiger partial charge is 0.354 e. The molecule has 0 bridgehead atoms. The maximum atomic E-state index is 12.1. The van der Waals surface area contributed by atoms with Crippen LogP contribution in [0.15, 0.2) is 24.3 Å². The number of halogens is 2. The van der Waals surface area contributed by atoms with E-state index < -0.39 is 6.04 Å². The summed E-state index contributed by atoms with van der Waals surface area (Å²) < 4.78 is 0. The molecule has 0 aliphatic carbocycles. The quantitative estimate of drug-likeness (QED) is 0.752. The van der Waals surface area contributed by atoms with Gasteiger partial charge in [0, 0.05) is 18.1 Å². The van der Waals surface area contributed by atoms with Crippen LogP contribution in [-0.4, -0.2) is 36.5 Å². The minimum Gasteiger partial charge on any atom is -0.354 e. The van der Waals surface area contributed by atoms with Crippen molar-refractivity contribution in [3.8, 4) is 0 Å². The van der Waals surface area contributed by atoms with E-state index in [4.69, 9.17) is 17.3 Å². The molecule has 0 radical (unpaired) electrons. The Hall–Kier alpha value is -0.810. The minimum absolute atomic E-state index is 0. The van der Waals surface area contributed by atoms with Gasteiger partial charge in [0.05, 0.1) is 6.04 Å². The highest BCUT2D eigenvalue weighted by atomic mass is 35.5.